The molecule has 4 atom stereocenters. The van der Waals surface area contributed by atoms with Gasteiger partial charge in [-0.05, 0) is 138 Å². The van der Waals surface area contributed by atoms with E-state index in [0.717, 1.165) is 0 Å². The lowest BCUT2D eigenvalue weighted by atomic mass is 9.92. The highest BCUT2D eigenvalue weighted by Crippen LogP contribution is 2.32. The molecule has 4 fully saturated rings. The van der Waals surface area contributed by atoms with Crippen LogP contribution in [-0.4, -0.2) is 375 Å². The summed E-state index contributed by atoms with van der Waals surface area (Å²) in [5.74, 6) is 0. The number of hydrogen-bond donors (Lipinski definition) is 0. The normalized spacial score (nSPS) is 22.3. The summed E-state index contributed by atoms with van der Waals surface area (Å²) >= 11 is 0. The molecule has 0 N–H and O–H groups in total. The zero-order valence-corrected chi connectivity index (χ0v) is 76.3. The summed E-state index contributed by atoms with van der Waals surface area (Å²) in [6.07, 6.45) is 0.904. The van der Waals surface area contributed by atoms with E-state index in [4.69, 9.17) is 125 Å². The predicted octanol–water partition coefficient (Wildman–Crippen LogP) is 5.40. The van der Waals surface area contributed by atoms with E-state index in [0.29, 0.717) is 208 Å². The summed E-state index contributed by atoms with van der Waals surface area (Å²) in [7, 11) is -26.7. The van der Waals surface area contributed by atoms with Gasteiger partial charge in [0, 0.05) is 158 Å². The van der Waals surface area contributed by atoms with Crippen LogP contribution in [-0.2, 0) is 125 Å². The number of hydrogen-bond acceptors (Lipinski definition) is 32. The highest BCUT2D eigenvalue weighted by Gasteiger charge is 2.58. The van der Waals surface area contributed by atoms with Gasteiger partial charge in [-0.25, -0.2) is 0 Å². The molecule has 0 spiro atoms. The molecule has 4 aliphatic rings. The van der Waals surface area contributed by atoms with E-state index >= 15 is 0 Å². The van der Waals surface area contributed by atoms with Crippen molar-refractivity contribution in [1.29, 1.82) is 0 Å². The Morgan fingerprint density at radius 3 is 0.533 bits per heavy atom. The van der Waals surface area contributed by atoms with Gasteiger partial charge in [0.05, 0.1) is 132 Å². The van der Waals surface area contributed by atoms with Crippen molar-refractivity contribution in [2.24, 2.45) is 5.41 Å². The summed E-state index contributed by atoms with van der Waals surface area (Å²) in [6.45, 7) is 49.3. The molecule has 4 aliphatic heterocycles. The number of ether oxygens (including phenoxy) is 4. The average molecular weight is 1650 g/mol. The molecule has 4 rings (SSSR count). The van der Waals surface area contributed by atoms with Crippen LogP contribution in [0.25, 0.3) is 0 Å². The minimum absolute atomic E-state index is 0.0401. The van der Waals surface area contributed by atoms with Gasteiger partial charge in [0.2, 0.25) is 0 Å². The Morgan fingerprint density at radius 1 is 0.248 bits per heavy atom. The fourth-order valence-electron chi connectivity index (χ4n) is 13.9. The molecule has 0 bridgehead atoms. The molecule has 0 aliphatic carbocycles. The molecule has 0 saturated carbocycles. The maximum Gasteiger partial charge on any atom is 0.516 e. The van der Waals surface area contributed by atoms with E-state index in [-0.39, 0.29) is 52.9 Å². The lowest BCUT2D eigenvalue weighted by Crippen LogP contribution is -2.67. The predicted molar refractivity (Wildman–Crippen MR) is 410 cm³/mol. The second-order valence-corrected chi connectivity index (χ2v) is 45.5. The zero-order valence-electron chi connectivity index (χ0n) is 68.3. The van der Waals surface area contributed by atoms with Crippen LogP contribution in [0.5, 0.6) is 0 Å². The van der Waals surface area contributed by atoms with Gasteiger partial charge in [-0.1, -0.05) is 0 Å². The SMILES string of the molecule is CCO[Si](CN1CC(COCC(COCC2CN(C[Si](OCC)(OCC)OCC)C[Si](OCC)(OCC)O2)(COCC2CN(C[Si](OCC)(OCC)OCC)C[Si](OCC)(OCC)O2)COCC2CN(C[Si](OCC)(OCC)OCC)C[Si](OCC)(OCC)O2)O[Si](OCC)(OCC)C1)(OCC)OCC. The molecule has 0 aromatic rings. The van der Waals surface area contributed by atoms with Crippen LogP contribution < -0.4 is 0 Å². The third kappa shape index (κ3) is 32.2. The zero-order chi connectivity index (χ0) is 77.2. The summed E-state index contributed by atoms with van der Waals surface area (Å²) in [4.78, 5) is 8.97. The Morgan fingerprint density at radius 2 is 0.400 bits per heavy atom. The van der Waals surface area contributed by atoms with Crippen LogP contribution in [0.2, 0.25) is 0 Å². The van der Waals surface area contributed by atoms with Crippen molar-refractivity contribution in [3.8, 4) is 0 Å². The van der Waals surface area contributed by atoms with Crippen LogP contribution >= 0.6 is 0 Å². The molecule has 0 radical (unpaired) electrons. The highest BCUT2D eigenvalue weighted by atomic mass is 28.4. The molecule has 32 nitrogen and oxygen atoms in total. The first-order chi connectivity index (χ1) is 50.7. The molecule has 624 valence electrons. The van der Waals surface area contributed by atoms with Gasteiger partial charge in [-0.2, -0.15) is 0 Å². The fourth-order valence-corrected chi connectivity index (χ4v) is 36.5. The minimum Gasteiger partial charge on any atom is -0.378 e. The van der Waals surface area contributed by atoms with E-state index in [9.17, 15) is 0 Å². The molecule has 4 saturated heterocycles. The van der Waals surface area contributed by atoms with Crippen molar-refractivity contribution in [1.82, 2.24) is 19.6 Å². The largest absolute Gasteiger partial charge is 0.516 e. The molecule has 105 heavy (non-hydrogen) atoms. The van der Waals surface area contributed by atoms with Gasteiger partial charge >= 0.3 is 70.4 Å². The van der Waals surface area contributed by atoms with Crippen molar-refractivity contribution in [2.75, 3.05) is 261 Å². The van der Waals surface area contributed by atoms with Crippen molar-refractivity contribution >= 4 is 70.4 Å². The van der Waals surface area contributed by atoms with Gasteiger partial charge in [-0.3, -0.25) is 19.6 Å². The maximum atomic E-state index is 7.16. The molecular formula is C65H144N4O28Si8. The molecule has 0 aromatic heterocycles. The van der Waals surface area contributed by atoms with E-state index in [1.165, 1.54) is 0 Å². The lowest BCUT2D eigenvalue weighted by molar-refractivity contribution is -0.144. The van der Waals surface area contributed by atoms with E-state index < -0.39 is 100 Å². The van der Waals surface area contributed by atoms with E-state index in [1.807, 2.05) is 138 Å². The van der Waals surface area contributed by atoms with Gasteiger partial charge in [0.1, 0.15) is 0 Å². The van der Waals surface area contributed by atoms with Crippen molar-refractivity contribution < 1.29 is 125 Å². The summed E-state index contributed by atoms with van der Waals surface area (Å²) < 4.78 is 187. The average Bonchev–Trinajstić information content (AvgIpc) is 0.811. The molecule has 40 heteroatoms. The van der Waals surface area contributed by atoms with Crippen LogP contribution in [0.1, 0.15) is 138 Å². The number of rotatable bonds is 64. The van der Waals surface area contributed by atoms with Gasteiger partial charge in [0.15, 0.2) is 0 Å². The Balaban J connectivity index is 1.95. The quantitative estimate of drug-likeness (QED) is 0.0690. The molecular weight excluding hydrogens is 1510 g/mol. The van der Waals surface area contributed by atoms with Crippen LogP contribution in [0.3, 0.4) is 0 Å². The summed E-state index contributed by atoms with van der Waals surface area (Å²) in [5, 5.41) is 0. The van der Waals surface area contributed by atoms with Gasteiger partial charge in [0.25, 0.3) is 0 Å². The van der Waals surface area contributed by atoms with Gasteiger partial charge < -0.3 is 125 Å². The minimum atomic E-state index is -3.41. The third-order valence-corrected chi connectivity index (χ3v) is 40.7. The topological polar surface area (TPSA) is 271 Å². The summed E-state index contributed by atoms with van der Waals surface area (Å²) in [5.41, 5.74) is -1.10. The monoisotopic (exact) mass is 1650 g/mol. The summed E-state index contributed by atoms with van der Waals surface area (Å²) in [6, 6.07) is 0. The van der Waals surface area contributed by atoms with E-state index in [2.05, 4.69) is 19.6 Å². The molecule has 4 unspecified atom stereocenters. The number of nitrogens with zero attached hydrogens (tertiary/aromatic N) is 4. The van der Waals surface area contributed by atoms with Gasteiger partial charge in [-0.15, -0.1) is 0 Å². The van der Waals surface area contributed by atoms with Crippen molar-refractivity contribution in [2.45, 2.75) is 163 Å². The smallest absolute Gasteiger partial charge is 0.378 e. The second kappa shape index (κ2) is 52.1. The van der Waals surface area contributed by atoms with Crippen molar-refractivity contribution in [3.05, 3.63) is 0 Å². The lowest BCUT2D eigenvalue weighted by Gasteiger charge is -2.45. The highest BCUT2D eigenvalue weighted by molar-refractivity contribution is 6.65. The first kappa shape index (κ1) is 97.8. The Bertz CT molecular complexity index is 1840. The van der Waals surface area contributed by atoms with Crippen LogP contribution in [0.4, 0.5) is 0 Å². The first-order valence-corrected chi connectivity index (χ1v) is 54.8. The Hall–Kier alpha value is 0.455. The van der Waals surface area contributed by atoms with Crippen LogP contribution in [0.15, 0.2) is 0 Å². The standard InChI is InChI=1S/C65H144N4O28Si8/c1-21-74-98(75-22-2,76-23-3)53-66-41-61(94-102(57-66,86-33-13)87-34-14)45-70-49-65(50-71-46-62-42-67(58-103(95-62,88-35-15)89-36-16)54-99(77-24-4,78-25-5)79-26-6,51-72-47-63-43-68(59-104(96-63,90-37-17)91-38-18)55-100(80-27-7,81-28-8)82-29-9)52-73-48-64-44-69(60-105(97-64,92-39-19)93-40-20)56-101(83-30-10,84-31-11)85-32-12/h61-64H,21-60H2,1-20H3. The first-order valence-electron chi connectivity index (χ1n) is 39.4. The fraction of sp³-hybridized carbons (Fsp3) is 1.00. The van der Waals surface area contributed by atoms with E-state index in [1.54, 1.807) is 0 Å². The second-order valence-electron chi connectivity index (χ2n) is 25.3. The third-order valence-electron chi connectivity index (χ3n) is 16.7. The van der Waals surface area contributed by atoms with Crippen molar-refractivity contribution in [3.63, 3.8) is 0 Å². The molecule has 4 heterocycles. The Kier molecular flexibility index (Phi) is 48.6. The van der Waals surface area contributed by atoms with Crippen LogP contribution in [0, 0.1) is 5.41 Å². The molecule has 0 amide bonds. The molecule has 0 aromatic carbocycles. The Labute approximate surface area is 640 Å². The maximum absolute atomic E-state index is 7.16.